The minimum atomic E-state index is -4.10. The highest BCUT2D eigenvalue weighted by Gasteiger charge is 2.31. The van der Waals surface area contributed by atoms with Gasteiger partial charge in [0, 0.05) is 13.1 Å². The van der Waals surface area contributed by atoms with Crippen molar-refractivity contribution in [1.82, 2.24) is 4.90 Å². The molecule has 1 atom stereocenters. The van der Waals surface area contributed by atoms with E-state index in [1.165, 1.54) is 4.90 Å². The van der Waals surface area contributed by atoms with Crippen LogP contribution in [0.25, 0.3) is 0 Å². The van der Waals surface area contributed by atoms with Crippen LogP contribution in [0.2, 0.25) is 0 Å². The van der Waals surface area contributed by atoms with E-state index >= 15 is 0 Å². The van der Waals surface area contributed by atoms with Crippen molar-refractivity contribution >= 4 is 0 Å². The Morgan fingerprint density at radius 2 is 2.00 bits per heavy atom. The van der Waals surface area contributed by atoms with E-state index in [1.807, 2.05) is 0 Å². The Morgan fingerprint density at radius 3 is 2.43 bits per heavy atom. The van der Waals surface area contributed by atoms with Crippen LogP contribution in [0.5, 0.6) is 0 Å². The number of likely N-dealkylation sites (N-methyl/N-ethyl adjacent to an activating group) is 1. The molecule has 1 unspecified atom stereocenters. The van der Waals surface area contributed by atoms with Gasteiger partial charge in [-0.15, -0.1) is 0 Å². The number of halogens is 3. The van der Waals surface area contributed by atoms with Crippen molar-refractivity contribution in [3.8, 4) is 0 Å². The third kappa shape index (κ3) is 4.81. The average molecular weight is 211 g/mol. The highest BCUT2D eigenvalue weighted by molar-refractivity contribution is 4.82. The molecule has 0 saturated heterocycles. The molecule has 0 aromatic heterocycles. The van der Waals surface area contributed by atoms with Crippen LogP contribution in [0.3, 0.4) is 0 Å². The molecule has 0 radical (unpaired) electrons. The van der Waals surface area contributed by atoms with Crippen molar-refractivity contribution in [2.45, 2.75) is 31.5 Å². The van der Waals surface area contributed by atoms with Crippen LogP contribution in [0.4, 0.5) is 13.2 Å². The van der Waals surface area contributed by atoms with Gasteiger partial charge in [-0.3, -0.25) is 0 Å². The molecule has 1 rings (SSSR count). The van der Waals surface area contributed by atoms with Crippen molar-refractivity contribution in [3.05, 3.63) is 0 Å². The van der Waals surface area contributed by atoms with E-state index in [9.17, 15) is 18.3 Å². The predicted octanol–water partition coefficient (Wildman–Crippen LogP) is 1.64. The van der Waals surface area contributed by atoms with E-state index in [2.05, 4.69) is 0 Å². The Hall–Kier alpha value is -0.290. The molecule has 1 aliphatic rings. The lowest BCUT2D eigenvalue weighted by Crippen LogP contribution is -2.32. The number of aliphatic hydroxyl groups is 1. The topological polar surface area (TPSA) is 23.5 Å². The monoisotopic (exact) mass is 211 g/mol. The summed E-state index contributed by atoms with van der Waals surface area (Å²) in [5.74, 6) is 0.323. The van der Waals surface area contributed by atoms with Crippen LogP contribution in [0, 0.1) is 5.92 Å². The van der Waals surface area contributed by atoms with Gasteiger partial charge >= 0.3 is 6.18 Å². The zero-order chi connectivity index (χ0) is 10.8. The fourth-order valence-electron chi connectivity index (χ4n) is 1.36. The molecular formula is C9H16F3NO. The van der Waals surface area contributed by atoms with Gasteiger partial charge in [0.2, 0.25) is 0 Å². The zero-order valence-corrected chi connectivity index (χ0v) is 8.22. The van der Waals surface area contributed by atoms with Crippen LogP contribution in [-0.2, 0) is 0 Å². The zero-order valence-electron chi connectivity index (χ0n) is 8.22. The van der Waals surface area contributed by atoms with E-state index in [1.54, 1.807) is 7.05 Å². The van der Waals surface area contributed by atoms with Gasteiger partial charge in [0.1, 0.15) is 0 Å². The Morgan fingerprint density at radius 1 is 1.43 bits per heavy atom. The number of aliphatic hydroxyl groups excluding tert-OH is 1. The third-order valence-corrected chi connectivity index (χ3v) is 2.44. The molecule has 5 heteroatoms. The normalized spacial score (nSPS) is 20.1. The molecule has 0 aromatic carbocycles. The summed E-state index contributed by atoms with van der Waals surface area (Å²) in [6.45, 7) is 0.314. The largest absolute Gasteiger partial charge is 0.392 e. The molecule has 1 aliphatic carbocycles. The average Bonchev–Trinajstić information content (AvgIpc) is 2.81. The molecular weight excluding hydrogens is 195 g/mol. The Bertz CT molecular complexity index is 179. The summed E-state index contributed by atoms with van der Waals surface area (Å²) < 4.78 is 35.5. The summed E-state index contributed by atoms with van der Waals surface area (Å²) in [6, 6.07) is 0. The van der Waals surface area contributed by atoms with E-state index in [0.29, 0.717) is 12.5 Å². The van der Waals surface area contributed by atoms with Crippen molar-refractivity contribution in [3.63, 3.8) is 0 Å². The lowest BCUT2D eigenvalue weighted by Gasteiger charge is -2.20. The molecule has 84 valence electrons. The fraction of sp³-hybridized carbons (Fsp3) is 1.00. The summed E-state index contributed by atoms with van der Waals surface area (Å²) in [5, 5.41) is 9.47. The van der Waals surface area contributed by atoms with Gasteiger partial charge in [-0.05, 0) is 25.8 Å². The Kier molecular flexibility index (Phi) is 3.78. The summed E-state index contributed by atoms with van der Waals surface area (Å²) in [5.41, 5.74) is 0. The number of nitrogens with zero attached hydrogens (tertiary/aromatic N) is 1. The molecule has 0 aromatic rings. The number of alkyl halides is 3. The third-order valence-electron chi connectivity index (χ3n) is 2.44. The van der Waals surface area contributed by atoms with E-state index in [-0.39, 0.29) is 6.54 Å². The van der Waals surface area contributed by atoms with Crippen molar-refractivity contribution in [2.75, 3.05) is 20.1 Å². The van der Waals surface area contributed by atoms with Crippen LogP contribution in [-0.4, -0.2) is 42.4 Å². The second-order valence-corrected chi connectivity index (χ2v) is 4.03. The smallest absolute Gasteiger partial charge is 0.390 e. The van der Waals surface area contributed by atoms with Crippen LogP contribution in [0.15, 0.2) is 0 Å². The molecule has 1 saturated carbocycles. The van der Waals surface area contributed by atoms with Gasteiger partial charge in [0.15, 0.2) is 0 Å². The van der Waals surface area contributed by atoms with Crippen molar-refractivity contribution in [2.24, 2.45) is 5.92 Å². The Balaban J connectivity index is 2.11. The highest BCUT2D eigenvalue weighted by atomic mass is 19.4. The fourth-order valence-corrected chi connectivity index (χ4v) is 1.36. The maximum absolute atomic E-state index is 11.8. The minimum Gasteiger partial charge on any atom is -0.392 e. The molecule has 0 spiro atoms. The molecule has 0 amide bonds. The highest BCUT2D eigenvalue weighted by Crippen LogP contribution is 2.32. The van der Waals surface area contributed by atoms with Crippen LogP contribution in [0.1, 0.15) is 19.3 Å². The van der Waals surface area contributed by atoms with Gasteiger partial charge in [0.05, 0.1) is 12.5 Å². The summed E-state index contributed by atoms with van der Waals surface area (Å²) >= 11 is 0. The van der Waals surface area contributed by atoms with Crippen molar-refractivity contribution < 1.29 is 18.3 Å². The first-order valence-electron chi connectivity index (χ1n) is 4.82. The quantitative estimate of drug-likeness (QED) is 0.747. The van der Waals surface area contributed by atoms with E-state index < -0.39 is 18.7 Å². The van der Waals surface area contributed by atoms with Gasteiger partial charge < -0.3 is 10.0 Å². The molecule has 0 aliphatic heterocycles. The van der Waals surface area contributed by atoms with Gasteiger partial charge in [-0.1, -0.05) is 0 Å². The Labute approximate surface area is 81.7 Å². The van der Waals surface area contributed by atoms with Gasteiger partial charge in [0.25, 0.3) is 0 Å². The molecule has 14 heavy (non-hydrogen) atoms. The lowest BCUT2D eigenvalue weighted by molar-refractivity contribution is -0.138. The lowest BCUT2D eigenvalue weighted by atomic mass is 10.2. The summed E-state index contributed by atoms with van der Waals surface area (Å²) in [6.07, 6.45) is -3.34. The number of rotatable bonds is 5. The summed E-state index contributed by atoms with van der Waals surface area (Å²) in [7, 11) is 1.61. The summed E-state index contributed by atoms with van der Waals surface area (Å²) in [4.78, 5) is 1.54. The van der Waals surface area contributed by atoms with Crippen LogP contribution < -0.4 is 0 Å². The maximum Gasteiger partial charge on any atom is 0.390 e. The SMILES string of the molecule is CN(CCC(F)(F)F)CC(O)C1CC1. The predicted molar refractivity (Wildman–Crippen MR) is 46.9 cm³/mol. The second-order valence-electron chi connectivity index (χ2n) is 4.03. The molecule has 1 N–H and O–H groups in total. The van der Waals surface area contributed by atoms with E-state index in [4.69, 9.17) is 0 Å². The first-order chi connectivity index (χ1) is 6.38. The molecule has 1 fully saturated rings. The minimum absolute atomic E-state index is 0.0344. The van der Waals surface area contributed by atoms with E-state index in [0.717, 1.165) is 12.8 Å². The van der Waals surface area contributed by atoms with Crippen LogP contribution >= 0.6 is 0 Å². The first kappa shape index (κ1) is 11.8. The molecule has 2 nitrogen and oxygen atoms in total. The standard InChI is InChI=1S/C9H16F3NO/c1-13(5-4-9(10,11)12)6-8(14)7-2-3-7/h7-8,14H,2-6H2,1H3. The second kappa shape index (κ2) is 4.49. The number of hydrogen-bond acceptors (Lipinski definition) is 2. The molecule has 0 heterocycles. The first-order valence-corrected chi connectivity index (χ1v) is 4.82. The number of hydrogen-bond donors (Lipinski definition) is 1. The van der Waals surface area contributed by atoms with Crippen molar-refractivity contribution in [1.29, 1.82) is 0 Å². The molecule has 0 bridgehead atoms. The van der Waals surface area contributed by atoms with Gasteiger partial charge in [-0.2, -0.15) is 13.2 Å². The van der Waals surface area contributed by atoms with Gasteiger partial charge in [-0.25, -0.2) is 0 Å². The maximum atomic E-state index is 11.8.